The van der Waals surface area contributed by atoms with E-state index in [-0.39, 0.29) is 11.8 Å². The molecule has 3 rings (SSSR count). The molecule has 1 atom stereocenters. The standard InChI is InChI=1S/C19H21NO3/c1-12-6-13(2)8-16(7-12)20-19(21)15-9-14-10-17(22-3)4-5-18(14)23-11-15/h4-8,10,15H,9,11H2,1-3H3,(H,20,21)/t15-/m0/s1. The number of benzene rings is 2. The van der Waals surface area contributed by atoms with Crippen molar-refractivity contribution in [3.05, 3.63) is 53.1 Å². The molecule has 23 heavy (non-hydrogen) atoms. The van der Waals surface area contributed by atoms with E-state index in [1.165, 1.54) is 0 Å². The van der Waals surface area contributed by atoms with Crippen LogP contribution in [0.15, 0.2) is 36.4 Å². The predicted molar refractivity (Wildman–Crippen MR) is 90.2 cm³/mol. The summed E-state index contributed by atoms with van der Waals surface area (Å²) < 4.78 is 11.0. The summed E-state index contributed by atoms with van der Waals surface area (Å²) in [7, 11) is 1.63. The largest absolute Gasteiger partial charge is 0.497 e. The minimum Gasteiger partial charge on any atom is -0.497 e. The van der Waals surface area contributed by atoms with E-state index in [9.17, 15) is 4.79 Å². The Hall–Kier alpha value is -2.49. The van der Waals surface area contributed by atoms with E-state index >= 15 is 0 Å². The average molecular weight is 311 g/mol. The van der Waals surface area contributed by atoms with E-state index in [1.807, 2.05) is 44.2 Å². The highest BCUT2D eigenvalue weighted by Gasteiger charge is 2.26. The zero-order valence-corrected chi connectivity index (χ0v) is 13.7. The van der Waals surface area contributed by atoms with Gasteiger partial charge in [0, 0.05) is 5.69 Å². The number of rotatable bonds is 3. The minimum atomic E-state index is -0.199. The predicted octanol–water partition coefficient (Wildman–Crippen LogP) is 3.50. The molecule has 0 bridgehead atoms. The van der Waals surface area contributed by atoms with Crippen LogP contribution in [0, 0.1) is 19.8 Å². The van der Waals surface area contributed by atoms with Crippen LogP contribution in [0.1, 0.15) is 16.7 Å². The van der Waals surface area contributed by atoms with E-state index in [0.29, 0.717) is 13.0 Å². The molecule has 0 radical (unpaired) electrons. The first-order valence-electron chi connectivity index (χ1n) is 7.74. The van der Waals surface area contributed by atoms with Gasteiger partial charge < -0.3 is 14.8 Å². The number of fused-ring (bicyclic) bond motifs is 1. The molecule has 1 amide bonds. The number of hydrogen-bond acceptors (Lipinski definition) is 3. The number of anilines is 1. The number of carbonyl (C=O) groups is 1. The van der Waals surface area contributed by atoms with Gasteiger partial charge in [-0.3, -0.25) is 4.79 Å². The number of nitrogens with one attached hydrogen (secondary N) is 1. The second-order valence-electron chi connectivity index (χ2n) is 6.05. The third-order valence-corrected chi connectivity index (χ3v) is 4.03. The molecule has 0 aliphatic carbocycles. The summed E-state index contributed by atoms with van der Waals surface area (Å²) in [6.07, 6.45) is 0.656. The fourth-order valence-electron chi connectivity index (χ4n) is 2.96. The summed E-state index contributed by atoms with van der Waals surface area (Å²) in [6.45, 7) is 4.44. The quantitative estimate of drug-likeness (QED) is 0.943. The number of carbonyl (C=O) groups excluding carboxylic acids is 1. The third kappa shape index (κ3) is 3.47. The fourth-order valence-corrected chi connectivity index (χ4v) is 2.96. The van der Waals surface area contributed by atoms with E-state index < -0.39 is 0 Å². The normalized spacial score (nSPS) is 16.2. The van der Waals surface area contributed by atoms with Crippen LogP contribution in [0.5, 0.6) is 11.5 Å². The molecule has 1 aliphatic heterocycles. The van der Waals surface area contributed by atoms with Gasteiger partial charge in [-0.25, -0.2) is 0 Å². The Labute approximate surface area is 136 Å². The lowest BCUT2D eigenvalue weighted by atomic mass is 9.95. The first kappa shape index (κ1) is 15.4. The number of aryl methyl sites for hydroxylation is 2. The van der Waals surface area contributed by atoms with Gasteiger partial charge in [-0.1, -0.05) is 6.07 Å². The Kier molecular flexibility index (Phi) is 4.24. The Morgan fingerprint density at radius 3 is 2.61 bits per heavy atom. The number of ether oxygens (including phenoxy) is 2. The van der Waals surface area contributed by atoms with Crippen LogP contribution in [0.2, 0.25) is 0 Å². The molecule has 0 spiro atoms. The first-order chi connectivity index (χ1) is 11.0. The molecule has 0 saturated carbocycles. The Balaban J connectivity index is 1.73. The summed E-state index contributed by atoms with van der Waals surface area (Å²) in [6, 6.07) is 11.7. The maximum Gasteiger partial charge on any atom is 0.231 e. The van der Waals surface area contributed by atoms with Crippen molar-refractivity contribution in [2.24, 2.45) is 5.92 Å². The van der Waals surface area contributed by atoms with Gasteiger partial charge in [-0.15, -0.1) is 0 Å². The monoisotopic (exact) mass is 311 g/mol. The van der Waals surface area contributed by atoms with Crippen LogP contribution >= 0.6 is 0 Å². The van der Waals surface area contributed by atoms with Crippen molar-refractivity contribution in [1.29, 1.82) is 0 Å². The van der Waals surface area contributed by atoms with Crippen molar-refractivity contribution in [3.8, 4) is 11.5 Å². The van der Waals surface area contributed by atoms with Gasteiger partial charge in [0.2, 0.25) is 5.91 Å². The molecule has 0 unspecified atom stereocenters. The molecule has 1 aliphatic rings. The molecule has 4 nitrogen and oxygen atoms in total. The van der Waals surface area contributed by atoms with Crippen LogP contribution in [0.4, 0.5) is 5.69 Å². The Morgan fingerprint density at radius 1 is 1.17 bits per heavy atom. The summed E-state index contributed by atoms with van der Waals surface area (Å²) in [4.78, 5) is 12.5. The Morgan fingerprint density at radius 2 is 1.91 bits per heavy atom. The molecular formula is C19H21NO3. The van der Waals surface area contributed by atoms with Gasteiger partial charge in [0.15, 0.2) is 0 Å². The maximum atomic E-state index is 12.5. The van der Waals surface area contributed by atoms with Gasteiger partial charge in [-0.05, 0) is 67.3 Å². The lowest BCUT2D eigenvalue weighted by Crippen LogP contribution is -2.32. The zero-order valence-electron chi connectivity index (χ0n) is 13.7. The highest BCUT2D eigenvalue weighted by molar-refractivity contribution is 5.93. The molecular weight excluding hydrogens is 290 g/mol. The summed E-state index contributed by atoms with van der Waals surface area (Å²) in [5.41, 5.74) is 4.12. The number of amides is 1. The van der Waals surface area contributed by atoms with E-state index in [2.05, 4.69) is 11.4 Å². The van der Waals surface area contributed by atoms with Gasteiger partial charge in [0.25, 0.3) is 0 Å². The van der Waals surface area contributed by atoms with Crippen LogP contribution in [0.3, 0.4) is 0 Å². The van der Waals surface area contributed by atoms with E-state index in [4.69, 9.17) is 9.47 Å². The molecule has 0 saturated heterocycles. The highest BCUT2D eigenvalue weighted by atomic mass is 16.5. The minimum absolute atomic E-state index is 0.0107. The molecule has 1 heterocycles. The molecule has 120 valence electrons. The third-order valence-electron chi connectivity index (χ3n) is 4.03. The zero-order chi connectivity index (χ0) is 16.4. The molecule has 2 aromatic carbocycles. The molecule has 2 aromatic rings. The second kappa shape index (κ2) is 6.32. The smallest absolute Gasteiger partial charge is 0.231 e. The van der Waals surface area contributed by atoms with Crippen LogP contribution in [-0.2, 0) is 11.2 Å². The second-order valence-corrected chi connectivity index (χ2v) is 6.05. The summed E-state index contributed by atoms with van der Waals surface area (Å²) >= 11 is 0. The SMILES string of the molecule is COc1ccc2c(c1)C[C@H](C(=O)Nc1cc(C)cc(C)c1)CO2. The Bertz CT molecular complexity index is 719. The highest BCUT2D eigenvalue weighted by Crippen LogP contribution is 2.31. The van der Waals surface area contributed by atoms with E-state index in [1.54, 1.807) is 7.11 Å². The maximum absolute atomic E-state index is 12.5. The van der Waals surface area contributed by atoms with Crippen LogP contribution in [0.25, 0.3) is 0 Å². The van der Waals surface area contributed by atoms with Gasteiger partial charge >= 0.3 is 0 Å². The van der Waals surface area contributed by atoms with Gasteiger partial charge in [-0.2, -0.15) is 0 Å². The topological polar surface area (TPSA) is 47.6 Å². The average Bonchev–Trinajstić information content (AvgIpc) is 2.52. The van der Waals surface area contributed by atoms with Crippen molar-refractivity contribution in [2.45, 2.75) is 20.3 Å². The van der Waals surface area contributed by atoms with Crippen LogP contribution < -0.4 is 14.8 Å². The number of hydrogen-bond donors (Lipinski definition) is 1. The first-order valence-corrected chi connectivity index (χ1v) is 7.74. The van der Waals surface area contributed by atoms with Gasteiger partial charge in [0.05, 0.1) is 13.0 Å². The lowest BCUT2D eigenvalue weighted by Gasteiger charge is -2.25. The van der Waals surface area contributed by atoms with Crippen molar-refractivity contribution in [2.75, 3.05) is 19.0 Å². The fraction of sp³-hybridized carbons (Fsp3) is 0.316. The molecule has 4 heteroatoms. The van der Waals surface area contributed by atoms with Crippen molar-refractivity contribution < 1.29 is 14.3 Å². The molecule has 0 fully saturated rings. The van der Waals surface area contributed by atoms with Crippen molar-refractivity contribution >= 4 is 11.6 Å². The van der Waals surface area contributed by atoms with Crippen LogP contribution in [-0.4, -0.2) is 19.6 Å². The molecule has 0 aromatic heterocycles. The lowest BCUT2D eigenvalue weighted by molar-refractivity contribution is -0.121. The van der Waals surface area contributed by atoms with Gasteiger partial charge in [0.1, 0.15) is 18.1 Å². The van der Waals surface area contributed by atoms with Crippen molar-refractivity contribution in [3.63, 3.8) is 0 Å². The summed E-state index contributed by atoms with van der Waals surface area (Å²) in [5, 5.41) is 3.00. The van der Waals surface area contributed by atoms with Crippen molar-refractivity contribution in [1.82, 2.24) is 0 Å². The molecule has 1 N–H and O–H groups in total. The summed E-state index contributed by atoms with van der Waals surface area (Å²) in [5.74, 6) is 1.41. The van der Waals surface area contributed by atoms with E-state index in [0.717, 1.165) is 33.9 Å². The number of methoxy groups -OCH3 is 1.